The highest BCUT2D eigenvalue weighted by molar-refractivity contribution is 6.40. The molecular formula is C11H11Cl2N5O. The number of rotatable bonds is 3. The number of aromatic nitrogens is 3. The van der Waals surface area contributed by atoms with E-state index in [-0.39, 0.29) is 18.4 Å². The summed E-state index contributed by atoms with van der Waals surface area (Å²) in [6, 6.07) is 3.45. The summed E-state index contributed by atoms with van der Waals surface area (Å²) in [5.41, 5.74) is 6.57. The van der Waals surface area contributed by atoms with Crippen molar-refractivity contribution in [3.05, 3.63) is 34.1 Å². The van der Waals surface area contributed by atoms with Crippen molar-refractivity contribution < 1.29 is 4.79 Å². The number of nitrogens with zero attached hydrogens (tertiary/aromatic N) is 3. The molecule has 1 aromatic heterocycles. The molecule has 0 unspecified atom stereocenters. The van der Waals surface area contributed by atoms with Crippen molar-refractivity contribution in [1.29, 1.82) is 0 Å². The van der Waals surface area contributed by atoms with Crippen LogP contribution in [0.1, 0.15) is 5.56 Å². The van der Waals surface area contributed by atoms with Gasteiger partial charge in [0.1, 0.15) is 12.9 Å². The van der Waals surface area contributed by atoms with Gasteiger partial charge in [0.05, 0.1) is 15.7 Å². The van der Waals surface area contributed by atoms with Gasteiger partial charge < -0.3 is 11.1 Å². The van der Waals surface area contributed by atoms with Crippen LogP contribution in [0.2, 0.25) is 10.0 Å². The molecule has 2 aromatic rings. The largest absolute Gasteiger partial charge is 0.367 e. The Kier molecular flexibility index (Phi) is 3.92. The molecule has 0 saturated heterocycles. The van der Waals surface area contributed by atoms with Crippen LogP contribution in [0.3, 0.4) is 0 Å². The number of anilines is 2. The highest BCUT2D eigenvalue weighted by Crippen LogP contribution is 2.32. The second kappa shape index (κ2) is 5.46. The summed E-state index contributed by atoms with van der Waals surface area (Å²) >= 11 is 12.1. The van der Waals surface area contributed by atoms with Gasteiger partial charge in [0.25, 0.3) is 0 Å². The van der Waals surface area contributed by atoms with Gasteiger partial charge in [-0.3, -0.25) is 4.79 Å². The average molecular weight is 300 g/mol. The third kappa shape index (κ3) is 3.15. The van der Waals surface area contributed by atoms with E-state index in [1.165, 1.54) is 11.0 Å². The first-order chi connectivity index (χ1) is 8.97. The molecule has 0 radical (unpaired) electrons. The Balaban J connectivity index is 2.13. The number of amides is 1. The number of benzene rings is 1. The van der Waals surface area contributed by atoms with E-state index in [9.17, 15) is 4.79 Å². The normalized spacial score (nSPS) is 10.5. The van der Waals surface area contributed by atoms with Crippen molar-refractivity contribution in [1.82, 2.24) is 14.8 Å². The highest BCUT2D eigenvalue weighted by Gasteiger charge is 2.12. The van der Waals surface area contributed by atoms with Gasteiger partial charge in [-0.2, -0.15) is 0 Å². The van der Waals surface area contributed by atoms with Crippen molar-refractivity contribution in [2.45, 2.75) is 13.5 Å². The number of aryl methyl sites for hydroxylation is 1. The third-order valence-electron chi connectivity index (χ3n) is 2.41. The summed E-state index contributed by atoms with van der Waals surface area (Å²) in [4.78, 5) is 15.6. The summed E-state index contributed by atoms with van der Waals surface area (Å²) in [5.74, 6) is -0.210. The van der Waals surface area contributed by atoms with E-state index in [1.54, 1.807) is 12.1 Å². The van der Waals surface area contributed by atoms with Crippen molar-refractivity contribution in [3.8, 4) is 0 Å². The second-order valence-corrected chi connectivity index (χ2v) is 4.69. The highest BCUT2D eigenvalue weighted by atomic mass is 35.5. The van der Waals surface area contributed by atoms with E-state index in [0.717, 1.165) is 5.56 Å². The molecule has 0 aliphatic rings. The molecule has 0 aliphatic heterocycles. The zero-order valence-corrected chi connectivity index (χ0v) is 11.5. The van der Waals surface area contributed by atoms with E-state index in [0.29, 0.717) is 15.7 Å². The number of hydrogen-bond donors (Lipinski definition) is 2. The van der Waals surface area contributed by atoms with Gasteiger partial charge in [-0.15, -0.1) is 5.10 Å². The standard InChI is InChI=1S/C11H11Cl2N5O/c1-6-2-3-7(12)10(9(6)13)16-8(19)4-18-5-15-11(14)17-18/h2-3,5H,4H2,1H3,(H2,14,17)(H,16,19). The molecule has 3 N–H and O–H groups in total. The predicted octanol–water partition coefficient (Wildman–Crippen LogP) is 2.11. The van der Waals surface area contributed by atoms with Crippen LogP contribution in [0.25, 0.3) is 0 Å². The van der Waals surface area contributed by atoms with Crippen LogP contribution in [-0.4, -0.2) is 20.7 Å². The summed E-state index contributed by atoms with van der Waals surface area (Å²) in [6.07, 6.45) is 1.37. The maximum atomic E-state index is 11.8. The smallest absolute Gasteiger partial charge is 0.246 e. The molecule has 6 nitrogen and oxygen atoms in total. The fourth-order valence-corrected chi connectivity index (χ4v) is 1.95. The Morgan fingerprint density at radius 1 is 1.47 bits per heavy atom. The van der Waals surface area contributed by atoms with Crippen molar-refractivity contribution in [2.24, 2.45) is 0 Å². The van der Waals surface area contributed by atoms with Gasteiger partial charge in [-0.05, 0) is 18.6 Å². The van der Waals surface area contributed by atoms with Gasteiger partial charge in [0.2, 0.25) is 11.9 Å². The van der Waals surface area contributed by atoms with Crippen LogP contribution >= 0.6 is 23.2 Å². The lowest BCUT2D eigenvalue weighted by molar-refractivity contribution is -0.116. The van der Waals surface area contributed by atoms with Crippen LogP contribution in [0.4, 0.5) is 11.6 Å². The maximum absolute atomic E-state index is 11.8. The third-order valence-corrected chi connectivity index (χ3v) is 3.21. The fourth-order valence-electron chi connectivity index (χ4n) is 1.48. The van der Waals surface area contributed by atoms with E-state index in [1.807, 2.05) is 6.92 Å². The summed E-state index contributed by atoms with van der Waals surface area (Å²) in [5, 5.41) is 7.25. The van der Waals surface area contributed by atoms with Crippen molar-refractivity contribution in [2.75, 3.05) is 11.1 Å². The first kappa shape index (κ1) is 13.6. The van der Waals surface area contributed by atoms with Gasteiger partial charge in [0.15, 0.2) is 0 Å². The monoisotopic (exact) mass is 299 g/mol. The molecule has 100 valence electrons. The topological polar surface area (TPSA) is 85.8 Å². The Morgan fingerprint density at radius 2 is 2.21 bits per heavy atom. The van der Waals surface area contributed by atoms with Crippen LogP contribution in [0, 0.1) is 6.92 Å². The van der Waals surface area contributed by atoms with E-state index in [2.05, 4.69) is 15.4 Å². The van der Waals surface area contributed by atoms with E-state index >= 15 is 0 Å². The number of carbonyl (C=O) groups excluding carboxylic acids is 1. The molecule has 0 spiro atoms. The number of carbonyl (C=O) groups is 1. The summed E-state index contributed by atoms with van der Waals surface area (Å²) in [6.45, 7) is 1.80. The fraction of sp³-hybridized carbons (Fsp3) is 0.182. The predicted molar refractivity (Wildman–Crippen MR) is 74.3 cm³/mol. The van der Waals surface area contributed by atoms with Crippen LogP contribution in [-0.2, 0) is 11.3 Å². The number of nitrogens with two attached hydrogens (primary N) is 1. The Bertz CT molecular complexity index is 626. The lowest BCUT2D eigenvalue weighted by Gasteiger charge is -2.10. The summed E-state index contributed by atoms with van der Waals surface area (Å²) in [7, 11) is 0. The van der Waals surface area contributed by atoms with E-state index < -0.39 is 0 Å². The van der Waals surface area contributed by atoms with Crippen LogP contribution < -0.4 is 11.1 Å². The molecule has 1 heterocycles. The summed E-state index contributed by atoms with van der Waals surface area (Å²) < 4.78 is 1.32. The molecule has 2 rings (SSSR count). The first-order valence-electron chi connectivity index (χ1n) is 5.36. The van der Waals surface area contributed by atoms with Crippen molar-refractivity contribution >= 4 is 40.7 Å². The maximum Gasteiger partial charge on any atom is 0.246 e. The molecule has 0 bridgehead atoms. The van der Waals surface area contributed by atoms with Gasteiger partial charge in [0, 0.05) is 0 Å². The van der Waals surface area contributed by atoms with E-state index in [4.69, 9.17) is 28.9 Å². The molecule has 1 aromatic carbocycles. The quantitative estimate of drug-likeness (QED) is 0.909. The SMILES string of the molecule is Cc1ccc(Cl)c(NC(=O)Cn2cnc(N)n2)c1Cl. The van der Waals surface area contributed by atoms with Gasteiger partial charge in [-0.25, -0.2) is 9.67 Å². The zero-order valence-electron chi connectivity index (χ0n) is 10.0. The molecule has 0 aliphatic carbocycles. The molecule has 8 heteroatoms. The van der Waals surface area contributed by atoms with Crippen molar-refractivity contribution in [3.63, 3.8) is 0 Å². The minimum Gasteiger partial charge on any atom is -0.367 e. The number of nitrogen functional groups attached to an aromatic ring is 1. The molecular weight excluding hydrogens is 289 g/mol. The molecule has 19 heavy (non-hydrogen) atoms. The first-order valence-corrected chi connectivity index (χ1v) is 6.12. The Labute approximate surface area is 119 Å². The lowest BCUT2D eigenvalue weighted by Crippen LogP contribution is -2.19. The molecule has 0 atom stereocenters. The number of halogens is 2. The molecule has 1 amide bonds. The molecule has 0 saturated carbocycles. The van der Waals surface area contributed by atoms with Crippen LogP contribution in [0.5, 0.6) is 0 Å². The molecule has 0 fully saturated rings. The Hall–Kier alpha value is -1.79. The number of nitrogens with one attached hydrogen (secondary N) is 1. The minimum atomic E-state index is -0.320. The second-order valence-electron chi connectivity index (χ2n) is 3.90. The van der Waals surface area contributed by atoms with Gasteiger partial charge >= 0.3 is 0 Å². The lowest BCUT2D eigenvalue weighted by atomic mass is 10.2. The van der Waals surface area contributed by atoms with Gasteiger partial charge in [-0.1, -0.05) is 29.3 Å². The zero-order chi connectivity index (χ0) is 14.0. The Morgan fingerprint density at radius 3 is 2.84 bits per heavy atom. The van der Waals surface area contributed by atoms with Crippen LogP contribution in [0.15, 0.2) is 18.5 Å². The average Bonchev–Trinajstić information content (AvgIpc) is 2.75. The number of hydrogen-bond acceptors (Lipinski definition) is 4. The minimum absolute atomic E-state index is 0.0230.